The highest BCUT2D eigenvalue weighted by molar-refractivity contribution is 7.17. The second kappa shape index (κ2) is 5.52. The van der Waals surface area contributed by atoms with Gasteiger partial charge in [-0.3, -0.25) is 10.1 Å². The number of hydrogen-bond acceptors (Lipinski definition) is 5. The first kappa shape index (κ1) is 15.0. The SMILES string of the molecule is CCc1nc(-c2c(F)ccc([N+](=O)[O-])c2F)sc1C(=O)O. The minimum atomic E-state index is -1.37. The molecule has 1 heterocycles. The minimum Gasteiger partial charge on any atom is -0.477 e. The summed E-state index contributed by atoms with van der Waals surface area (Å²) >= 11 is 0.581. The van der Waals surface area contributed by atoms with Gasteiger partial charge in [0.15, 0.2) is 0 Å². The summed E-state index contributed by atoms with van der Waals surface area (Å²) in [5.74, 6) is -3.67. The molecule has 21 heavy (non-hydrogen) atoms. The van der Waals surface area contributed by atoms with Gasteiger partial charge >= 0.3 is 11.7 Å². The third-order valence-corrected chi connectivity index (χ3v) is 3.81. The maximum Gasteiger partial charge on any atom is 0.347 e. The van der Waals surface area contributed by atoms with E-state index in [1.165, 1.54) is 0 Å². The van der Waals surface area contributed by atoms with Crippen LogP contribution in [0, 0.1) is 21.7 Å². The van der Waals surface area contributed by atoms with Crippen molar-refractivity contribution in [1.29, 1.82) is 0 Å². The van der Waals surface area contributed by atoms with E-state index in [0.717, 1.165) is 6.07 Å². The van der Waals surface area contributed by atoms with E-state index in [9.17, 15) is 23.7 Å². The molecule has 0 unspecified atom stereocenters. The Morgan fingerprint density at radius 2 is 2.14 bits per heavy atom. The highest BCUT2D eigenvalue weighted by Crippen LogP contribution is 2.35. The van der Waals surface area contributed by atoms with Crippen LogP contribution in [0.25, 0.3) is 10.6 Å². The molecule has 0 aliphatic rings. The van der Waals surface area contributed by atoms with E-state index in [-0.39, 0.29) is 22.0 Å². The molecule has 0 spiro atoms. The lowest BCUT2D eigenvalue weighted by molar-refractivity contribution is -0.387. The monoisotopic (exact) mass is 314 g/mol. The second-order valence-electron chi connectivity index (χ2n) is 3.97. The fraction of sp³-hybridized carbons (Fsp3) is 0.167. The van der Waals surface area contributed by atoms with Gasteiger partial charge < -0.3 is 5.11 Å². The number of carboxylic acids is 1. The first-order valence-electron chi connectivity index (χ1n) is 5.72. The first-order chi connectivity index (χ1) is 9.86. The third kappa shape index (κ3) is 2.59. The number of aromatic nitrogens is 1. The number of halogens is 2. The molecular weight excluding hydrogens is 306 g/mol. The number of benzene rings is 1. The van der Waals surface area contributed by atoms with Crippen LogP contribution >= 0.6 is 11.3 Å². The number of thiazole rings is 1. The summed E-state index contributed by atoms with van der Waals surface area (Å²) in [4.78, 5) is 24.5. The number of aryl methyl sites for hydroxylation is 1. The molecule has 0 fully saturated rings. The van der Waals surface area contributed by atoms with E-state index in [1.807, 2.05) is 0 Å². The summed E-state index contributed by atoms with van der Waals surface area (Å²) in [5.41, 5.74) is -1.40. The Balaban J connectivity index is 2.70. The molecule has 1 aromatic carbocycles. The van der Waals surface area contributed by atoms with E-state index in [4.69, 9.17) is 5.11 Å². The largest absolute Gasteiger partial charge is 0.477 e. The molecule has 110 valence electrons. The molecule has 1 N–H and O–H groups in total. The molecule has 0 aliphatic carbocycles. The molecule has 0 aliphatic heterocycles. The zero-order valence-electron chi connectivity index (χ0n) is 10.6. The van der Waals surface area contributed by atoms with Crippen molar-refractivity contribution < 1.29 is 23.6 Å². The molecule has 0 atom stereocenters. The van der Waals surface area contributed by atoms with Gasteiger partial charge in [-0.2, -0.15) is 4.39 Å². The van der Waals surface area contributed by atoms with Crippen molar-refractivity contribution in [2.45, 2.75) is 13.3 Å². The van der Waals surface area contributed by atoms with Crippen LogP contribution in [0.5, 0.6) is 0 Å². The average Bonchev–Trinajstić information content (AvgIpc) is 2.82. The average molecular weight is 314 g/mol. The number of carboxylic acid groups (broad SMARTS) is 1. The quantitative estimate of drug-likeness (QED) is 0.690. The molecule has 0 amide bonds. The standard InChI is InChI=1S/C12H8F2N2O4S/c1-2-6-10(12(17)18)21-11(15-6)8-5(13)3-4-7(9(8)14)16(19)20/h3-4H,2H2,1H3,(H,17,18). The number of nitro groups is 1. The van der Waals surface area contributed by atoms with Gasteiger partial charge in [0.25, 0.3) is 0 Å². The highest BCUT2D eigenvalue weighted by Gasteiger charge is 2.26. The van der Waals surface area contributed by atoms with Crippen molar-refractivity contribution in [2.24, 2.45) is 0 Å². The second-order valence-corrected chi connectivity index (χ2v) is 4.97. The predicted octanol–water partition coefficient (Wildman–Crippen LogP) is 3.26. The predicted molar refractivity (Wildman–Crippen MR) is 70.5 cm³/mol. The van der Waals surface area contributed by atoms with Crippen molar-refractivity contribution in [1.82, 2.24) is 4.98 Å². The maximum absolute atomic E-state index is 14.1. The Morgan fingerprint density at radius 1 is 1.48 bits per heavy atom. The van der Waals surface area contributed by atoms with Crippen molar-refractivity contribution in [3.63, 3.8) is 0 Å². The smallest absolute Gasteiger partial charge is 0.347 e. The Hall–Kier alpha value is -2.42. The number of carbonyl (C=O) groups is 1. The van der Waals surface area contributed by atoms with E-state index in [1.54, 1.807) is 6.92 Å². The van der Waals surface area contributed by atoms with Crippen molar-refractivity contribution >= 4 is 23.0 Å². The number of nitrogens with zero attached hydrogens (tertiary/aromatic N) is 2. The normalized spacial score (nSPS) is 10.6. The van der Waals surface area contributed by atoms with Crippen molar-refractivity contribution in [3.05, 3.63) is 44.5 Å². The van der Waals surface area contributed by atoms with E-state index >= 15 is 0 Å². The van der Waals surface area contributed by atoms with Gasteiger partial charge in [0.2, 0.25) is 5.82 Å². The zero-order valence-corrected chi connectivity index (χ0v) is 11.4. The number of rotatable bonds is 4. The van der Waals surface area contributed by atoms with Crippen LogP contribution in [0.4, 0.5) is 14.5 Å². The van der Waals surface area contributed by atoms with Crippen LogP contribution < -0.4 is 0 Å². The van der Waals surface area contributed by atoms with Gasteiger partial charge in [-0.05, 0) is 12.5 Å². The van der Waals surface area contributed by atoms with Crippen molar-refractivity contribution in [2.75, 3.05) is 0 Å². The highest BCUT2D eigenvalue weighted by atomic mass is 32.1. The molecule has 2 aromatic rings. The lowest BCUT2D eigenvalue weighted by Crippen LogP contribution is -1.98. The topological polar surface area (TPSA) is 93.3 Å². The Bertz CT molecular complexity index is 745. The maximum atomic E-state index is 14.1. The molecule has 6 nitrogen and oxygen atoms in total. The van der Waals surface area contributed by atoms with Crippen LogP contribution in [0.2, 0.25) is 0 Å². The van der Waals surface area contributed by atoms with E-state index < -0.39 is 33.8 Å². The van der Waals surface area contributed by atoms with E-state index in [0.29, 0.717) is 17.4 Å². The lowest BCUT2D eigenvalue weighted by Gasteiger charge is -2.01. The van der Waals surface area contributed by atoms with Gasteiger partial charge in [0.1, 0.15) is 15.7 Å². The lowest BCUT2D eigenvalue weighted by atomic mass is 10.1. The van der Waals surface area contributed by atoms with Crippen LogP contribution in [0.3, 0.4) is 0 Å². The van der Waals surface area contributed by atoms with Crippen LogP contribution in [0.15, 0.2) is 12.1 Å². The first-order valence-corrected chi connectivity index (χ1v) is 6.54. The van der Waals surface area contributed by atoms with E-state index in [2.05, 4.69) is 4.98 Å². The van der Waals surface area contributed by atoms with Gasteiger partial charge in [-0.15, -0.1) is 11.3 Å². The third-order valence-electron chi connectivity index (χ3n) is 2.71. The summed E-state index contributed by atoms with van der Waals surface area (Å²) in [6.07, 6.45) is 0.260. The van der Waals surface area contributed by atoms with Crippen LogP contribution in [0.1, 0.15) is 22.3 Å². The molecule has 1 aromatic heterocycles. The molecule has 0 saturated heterocycles. The van der Waals surface area contributed by atoms with Gasteiger partial charge in [0, 0.05) is 6.07 Å². The van der Waals surface area contributed by atoms with Crippen LogP contribution in [-0.2, 0) is 6.42 Å². The van der Waals surface area contributed by atoms with Gasteiger partial charge in [0.05, 0.1) is 16.2 Å². The fourth-order valence-corrected chi connectivity index (χ4v) is 2.78. The summed E-state index contributed by atoms with van der Waals surface area (Å²) in [5, 5.41) is 19.5. The number of hydrogen-bond donors (Lipinski definition) is 1. The molecule has 0 saturated carbocycles. The summed E-state index contributed by atoms with van der Waals surface area (Å²) in [6.45, 7) is 1.64. The summed E-state index contributed by atoms with van der Waals surface area (Å²) in [6, 6.07) is 1.46. The molecule has 2 rings (SSSR count). The molecule has 9 heteroatoms. The Labute approximate surface area is 120 Å². The van der Waals surface area contributed by atoms with Crippen molar-refractivity contribution in [3.8, 4) is 10.6 Å². The summed E-state index contributed by atoms with van der Waals surface area (Å²) < 4.78 is 27.8. The molecule has 0 radical (unpaired) electrons. The zero-order chi connectivity index (χ0) is 15.7. The number of nitro benzene ring substituents is 1. The number of aromatic carboxylic acids is 1. The van der Waals surface area contributed by atoms with Gasteiger partial charge in [-0.1, -0.05) is 6.92 Å². The fourth-order valence-electron chi connectivity index (χ4n) is 1.74. The summed E-state index contributed by atoms with van der Waals surface area (Å²) in [7, 11) is 0. The molecular formula is C12H8F2N2O4S. The van der Waals surface area contributed by atoms with Gasteiger partial charge in [-0.25, -0.2) is 14.2 Å². The minimum absolute atomic E-state index is 0.141. The Kier molecular flexibility index (Phi) is 3.94. The molecule has 0 bridgehead atoms. The van der Waals surface area contributed by atoms with Crippen LogP contribution in [-0.4, -0.2) is 21.0 Å². The Morgan fingerprint density at radius 3 is 2.62 bits per heavy atom.